The fraction of sp³-hybridized carbons (Fsp3) is 0.588. The van der Waals surface area contributed by atoms with Gasteiger partial charge >= 0.3 is 0 Å². The molecule has 0 unspecified atom stereocenters. The lowest BCUT2D eigenvalue weighted by molar-refractivity contribution is -0.115. The second kappa shape index (κ2) is 8.13. The van der Waals surface area contributed by atoms with Crippen LogP contribution in [0.2, 0.25) is 0 Å². The molecule has 134 valence electrons. The summed E-state index contributed by atoms with van der Waals surface area (Å²) in [4.78, 5) is 22.7. The highest BCUT2D eigenvalue weighted by molar-refractivity contribution is 14.0. The molecule has 0 bridgehead atoms. The summed E-state index contributed by atoms with van der Waals surface area (Å²) in [5, 5.41) is 6.08. The van der Waals surface area contributed by atoms with Gasteiger partial charge in [0.1, 0.15) is 6.54 Å². The fourth-order valence-electron chi connectivity index (χ4n) is 2.58. The Morgan fingerprint density at radius 1 is 1.38 bits per heavy atom. The number of hydrogen-bond acceptors (Lipinski definition) is 3. The maximum absolute atomic E-state index is 12.0. The Hall–Kier alpha value is -1.38. The zero-order chi connectivity index (χ0) is 17.1. The summed E-state index contributed by atoms with van der Waals surface area (Å²) < 4.78 is 0. The van der Waals surface area contributed by atoms with Crippen LogP contribution < -0.4 is 10.6 Å². The summed E-state index contributed by atoms with van der Waals surface area (Å²) in [6.45, 7) is 12.7. The number of guanidine groups is 1. The molecule has 2 heterocycles. The highest BCUT2D eigenvalue weighted by atomic mass is 127. The molecule has 0 aliphatic carbocycles. The van der Waals surface area contributed by atoms with Crippen molar-refractivity contribution in [3.8, 4) is 0 Å². The molecule has 0 radical (unpaired) electrons. The number of amides is 1. The molecule has 7 heteroatoms. The second-order valence-electron chi connectivity index (χ2n) is 6.99. The molecular formula is C17H28IN5O. The van der Waals surface area contributed by atoms with Gasteiger partial charge in [-0.25, -0.2) is 4.99 Å². The lowest BCUT2D eigenvalue weighted by Gasteiger charge is -2.62. The molecular weight excluding hydrogens is 417 g/mol. The average molecular weight is 445 g/mol. The predicted molar refractivity (Wildman–Crippen MR) is 109 cm³/mol. The molecule has 1 aliphatic heterocycles. The van der Waals surface area contributed by atoms with E-state index in [2.05, 4.69) is 53.2 Å². The molecule has 2 N–H and O–H groups in total. The number of pyridine rings is 1. The van der Waals surface area contributed by atoms with Gasteiger partial charge in [-0.2, -0.15) is 0 Å². The zero-order valence-electron chi connectivity index (χ0n) is 15.1. The van der Waals surface area contributed by atoms with E-state index in [1.54, 1.807) is 24.5 Å². The lowest BCUT2D eigenvalue weighted by atomic mass is 9.65. The van der Waals surface area contributed by atoms with Crippen LogP contribution in [0.5, 0.6) is 0 Å². The van der Waals surface area contributed by atoms with E-state index in [4.69, 9.17) is 0 Å². The molecule has 1 amide bonds. The van der Waals surface area contributed by atoms with Crippen LogP contribution in [0.1, 0.15) is 34.6 Å². The Morgan fingerprint density at radius 3 is 2.58 bits per heavy atom. The van der Waals surface area contributed by atoms with Crippen LogP contribution in [0.3, 0.4) is 0 Å². The quantitative estimate of drug-likeness (QED) is 0.425. The number of likely N-dealkylation sites (tertiary alicyclic amines) is 1. The SMILES string of the molecule is CCNC(=NCC(=O)Nc1cccnc1)N1CC(C)(C)C1(C)C.I. The van der Waals surface area contributed by atoms with Crippen LogP contribution >= 0.6 is 24.0 Å². The number of nitrogens with one attached hydrogen (secondary N) is 2. The standard InChI is InChI=1S/C17H27N5O.HI/c1-6-19-15(22-12-16(2,3)17(22,4)5)20-11-14(23)21-13-8-7-9-18-10-13;/h7-10H,6,11-12H2,1-5H3,(H,19,20)(H,21,23);1H. The molecule has 2 rings (SSSR count). The first-order valence-electron chi connectivity index (χ1n) is 8.04. The third-order valence-electron chi connectivity index (χ3n) is 4.79. The van der Waals surface area contributed by atoms with Gasteiger partial charge in [-0.3, -0.25) is 9.78 Å². The van der Waals surface area contributed by atoms with Gasteiger partial charge in [-0.15, -0.1) is 24.0 Å². The summed E-state index contributed by atoms with van der Waals surface area (Å²) >= 11 is 0. The summed E-state index contributed by atoms with van der Waals surface area (Å²) in [6, 6.07) is 3.59. The van der Waals surface area contributed by atoms with Crippen molar-refractivity contribution in [2.45, 2.75) is 40.2 Å². The number of carbonyl (C=O) groups excluding carboxylic acids is 1. The topological polar surface area (TPSA) is 69.6 Å². The summed E-state index contributed by atoms with van der Waals surface area (Å²) in [5.41, 5.74) is 0.915. The van der Waals surface area contributed by atoms with Gasteiger partial charge in [0.2, 0.25) is 5.91 Å². The number of carbonyl (C=O) groups is 1. The maximum Gasteiger partial charge on any atom is 0.246 e. The van der Waals surface area contributed by atoms with E-state index in [-0.39, 0.29) is 47.4 Å². The number of aliphatic imine (C=N–C) groups is 1. The van der Waals surface area contributed by atoms with Crippen molar-refractivity contribution >= 4 is 41.5 Å². The van der Waals surface area contributed by atoms with Crippen molar-refractivity contribution in [1.29, 1.82) is 0 Å². The molecule has 1 aromatic rings. The van der Waals surface area contributed by atoms with Gasteiger partial charge in [-0.1, -0.05) is 13.8 Å². The maximum atomic E-state index is 12.0. The number of nitrogens with zero attached hydrogens (tertiary/aromatic N) is 3. The van der Waals surface area contributed by atoms with Gasteiger partial charge in [0.25, 0.3) is 0 Å². The van der Waals surface area contributed by atoms with Crippen molar-refractivity contribution in [3.63, 3.8) is 0 Å². The van der Waals surface area contributed by atoms with E-state index in [1.165, 1.54) is 0 Å². The summed E-state index contributed by atoms with van der Waals surface area (Å²) in [7, 11) is 0. The van der Waals surface area contributed by atoms with Crippen LogP contribution in [0.4, 0.5) is 5.69 Å². The van der Waals surface area contributed by atoms with Gasteiger partial charge in [-0.05, 0) is 32.9 Å². The minimum atomic E-state index is -0.147. The molecule has 0 spiro atoms. The first kappa shape index (κ1) is 20.7. The Balaban J connectivity index is 0.00000288. The van der Waals surface area contributed by atoms with Gasteiger partial charge in [0, 0.05) is 30.2 Å². The molecule has 1 saturated heterocycles. The molecule has 0 saturated carbocycles. The monoisotopic (exact) mass is 445 g/mol. The molecule has 0 atom stereocenters. The van der Waals surface area contributed by atoms with Crippen molar-refractivity contribution in [2.75, 3.05) is 25.0 Å². The van der Waals surface area contributed by atoms with Crippen LogP contribution in [0.15, 0.2) is 29.5 Å². The van der Waals surface area contributed by atoms with Gasteiger partial charge in [0.05, 0.1) is 11.9 Å². The Bertz CT molecular complexity index is 586. The Labute approximate surface area is 161 Å². The van der Waals surface area contributed by atoms with Crippen LogP contribution in [0, 0.1) is 5.41 Å². The van der Waals surface area contributed by atoms with Gasteiger partial charge in [0.15, 0.2) is 5.96 Å². The van der Waals surface area contributed by atoms with E-state index in [0.29, 0.717) is 5.69 Å². The average Bonchev–Trinajstić information content (AvgIpc) is 2.50. The number of halogens is 1. The Morgan fingerprint density at radius 2 is 2.08 bits per heavy atom. The van der Waals surface area contributed by atoms with E-state index in [0.717, 1.165) is 19.0 Å². The normalized spacial score (nSPS) is 18.2. The van der Waals surface area contributed by atoms with E-state index >= 15 is 0 Å². The highest BCUT2D eigenvalue weighted by Gasteiger charge is 2.53. The number of anilines is 1. The van der Waals surface area contributed by atoms with E-state index in [1.807, 2.05) is 6.92 Å². The summed E-state index contributed by atoms with van der Waals surface area (Å²) in [5.74, 6) is 0.643. The first-order chi connectivity index (χ1) is 10.8. The van der Waals surface area contributed by atoms with Crippen molar-refractivity contribution in [3.05, 3.63) is 24.5 Å². The van der Waals surface area contributed by atoms with E-state index < -0.39 is 0 Å². The second-order valence-corrected chi connectivity index (χ2v) is 6.99. The van der Waals surface area contributed by atoms with Gasteiger partial charge < -0.3 is 15.5 Å². The lowest BCUT2D eigenvalue weighted by Crippen LogP contribution is -2.72. The van der Waals surface area contributed by atoms with Crippen LogP contribution in [-0.4, -0.2) is 46.9 Å². The first-order valence-corrected chi connectivity index (χ1v) is 8.04. The summed E-state index contributed by atoms with van der Waals surface area (Å²) in [6.07, 6.45) is 3.29. The molecule has 0 aromatic carbocycles. The van der Waals surface area contributed by atoms with Crippen LogP contribution in [-0.2, 0) is 4.79 Å². The number of rotatable bonds is 4. The fourth-order valence-corrected chi connectivity index (χ4v) is 2.58. The molecule has 1 aromatic heterocycles. The molecule has 1 fully saturated rings. The third kappa shape index (κ3) is 4.37. The third-order valence-corrected chi connectivity index (χ3v) is 4.79. The number of hydrogen-bond donors (Lipinski definition) is 2. The predicted octanol–water partition coefficient (Wildman–Crippen LogP) is 2.72. The Kier molecular flexibility index (Phi) is 7.00. The smallest absolute Gasteiger partial charge is 0.246 e. The molecule has 1 aliphatic rings. The minimum absolute atomic E-state index is 0. The van der Waals surface area contributed by atoms with Crippen molar-refractivity contribution in [1.82, 2.24) is 15.2 Å². The van der Waals surface area contributed by atoms with Crippen molar-refractivity contribution in [2.24, 2.45) is 10.4 Å². The minimum Gasteiger partial charge on any atom is -0.356 e. The largest absolute Gasteiger partial charge is 0.356 e. The molecule has 6 nitrogen and oxygen atoms in total. The zero-order valence-corrected chi connectivity index (χ0v) is 17.4. The number of aromatic nitrogens is 1. The molecule has 24 heavy (non-hydrogen) atoms. The highest BCUT2D eigenvalue weighted by Crippen LogP contribution is 2.46. The van der Waals surface area contributed by atoms with E-state index in [9.17, 15) is 4.79 Å². The van der Waals surface area contributed by atoms with Crippen LogP contribution in [0.25, 0.3) is 0 Å². The van der Waals surface area contributed by atoms with Crippen molar-refractivity contribution < 1.29 is 4.79 Å².